The minimum absolute atomic E-state index is 0.0761. The molecule has 0 aromatic rings. The van der Waals surface area contributed by atoms with Crippen LogP contribution < -0.4 is 5.32 Å². The van der Waals surface area contributed by atoms with E-state index in [2.05, 4.69) is 5.32 Å². The van der Waals surface area contributed by atoms with Crippen molar-refractivity contribution in [2.75, 3.05) is 24.6 Å². The number of rotatable bonds is 5. The van der Waals surface area contributed by atoms with Gasteiger partial charge in [0.25, 0.3) is 0 Å². The molecule has 19 heavy (non-hydrogen) atoms. The standard InChI is InChI=1S/C11H20N2O5S/c1-8(2)13(6-10(14)15)11(16)12-5-9-3-4-19(17,18)7-9/h8-9H,3-7H2,1-2H3,(H,12,16)(H,14,15). The lowest BCUT2D eigenvalue weighted by Crippen LogP contribution is -2.47. The lowest BCUT2D eigenvalue weighted by Gasteiger charge is -2.25. The number of sulfone groups is 1. The number of amides is 2. The van der Waals surface area contributed by atoms with E-state index in [1.54, 1.807) is 13.8 Å². The van der Waals surface area contributed by atoms with Crippen LogP contribution in [0.3, 0.4) is 0 Å². The first kappa shape index (κ1) is 15.7. The van der Waals surface area contributed by atoms with Crippen LogP contribution in [0.1, 0.15) is 20.3 Å². The van der Waals surface area contributed by atoms with Gasteiger partial charge in [0.05, 0.1) is 11.5 Å². The van der Waals surface area contributed by atoms with Gasteiger partial charge in [-0.05, 0) is 26.2 Å². The van der Waals surface area contributed by atoms with Crippen LogP contribution in [0.2, 0.25) is 0 Å². The first-order chi connectivity index (χ1) is 8.71. The van der Waals surface area contributed by atoms with E-state index >= 15 is 0 Å². The Morgan fingerprint density at radius 2 is 2.05 bits per heavy atom. The molecule has 0 saturated carbocycles. The van der Waals surface area contributed by atoms with Gasteiger partial charge in [0, 0.05) is 12.6 Å². The second-order valence-electron chi connectivity index (χ2n) is 5.07. The molecule has 110 valence electrons. The van der Waals surface area contributed by atoms with Crippen LogP contribution in [0.15, 0.2) is 0 Å². The maximum absolute atomic E-state index is 11.8. The third kappa shape index (κ3) is 5.06. The Morgan fingerprint density at radius 3 is 2.47 bits per heavy atom. The molecule has 2 N–H and O–H groups in total. The zero-order chi connectivity index (χ0) is 14.6. The highest BCUT2D eigenvalue weighted by Crippen LogP contribution is 2.17. The molecule has 1 rings (SSSR count). The first-order valence-corrected chi connectivity index (χ1v) is 8.00. The monoisotopic (exact) mass is 292 g/mol. The Labute approximate surface area is 112 Å². The zero-order valence-corrected chi connectivity index (χ0v) is 11.9. The van der Waals surface area contributed by atoms with Gasteiger partial charge in [-0.3, -0.25) is 4.79 Å². The van der Waals surface area contributed by atoms with E-state index in [9.17, 15) is 18.0 Å². The number of carbonyl (C=O) groups excluding carboxylic acids is 1. The predicted molar refractivity (Wildman–Crippen MR) is 69.6 cm³/mol. The van der Waals surface area contributed by atoms with Gasteiger partial charge in [-0.25, -0.2) is 13.2 Å². The topological polar surface area (TPSA) is 104 Å². The first-order valence-electron chi connectivity index (χ1n) is 6.18. The molecule has 1 aliphatic heterocycles. The van der Waals surface area contributed by atoms with Crippen LogP contribution in [-0.4, -0.2) is 61.1 Å². The maximum atomic E-state index is 11.8. The summed E-state index contributed by atoms with van der Waals surface area (Å²) in [6.07, 6.45) is 0.545. The van der Waals surface area contributed by atoms with Crippen molar-refractivity contribution >= 4 is 21.8 Å². The zero-order valence-electron chi connectivity index (χ0n) is 11.1. The number of aliphatic carboxylic acids is 1. The van der Waals surface area contributed by atoms with Gasteiger partial charge in [-0.2, -0.15) is 0 Å². The quantitative estimate of drug-likeness (QED) is 0.738. The third-order valence-electron chi connectivity index (χ3n) is 3.06. The summed E-state index contributed by atoms with van der Waals surface area (Å²) < 4.78 is 22.5. The van der Waals surface area contributed by atoms with E-state index in [-0.39, 0.29) is 36.6 Å². The van der Waals surface area contributed by atoms with Crippen molar-refractivity contribution in [1.29, 1.82) is 0 Å². The minimum Gasteiger partial charge on any atom is -0.480 e. The number of hydrogen-bond donors (Lipinski definition) is 2. The Bertz CT molecular complexity index is 446. The van der Waals surface area contributed by atoms with Crippen LogP contribution in [-0.2, 0) is 14.6 Å². The Hall–Kier alpha value is -1.31. The molecule has 1 aliphatic rings. The Balaban J connectivity index is 2.47. The highest BCUT2D eigenvalue weighted by Gasteiger charge is 2.29. The number of nitrogens with one attached hydrogen (secondary N) is 1. The number of nitrogens with zero attached hydrogens (tertiary/aromatic N) is 1. The summed E-state index contributed by atoms with van der Waals surface area (Å²) in [6.45, 7) is 3.35. The molecule has 1 atom stereocenters. The molecule has 7 nitrogen and oxygen atoms in total. The molecule has 0 radical (unpaired) electrons. The highest BCUT2D eigenvalue weighted by molar-refractivity contribution is 7.91. The van der Waals surface area contributed by atoms with Crippen molar-refractivity contribution in [3.05, 3.63) is 0 Å². The van der Waals surface area contributed by atoms with Crippen molar-refractivity contribution in [2.45, 2.75) is 26.3 Å². The van der Waals surface area contributed by atoms with Gasteiger partial charge in [-0.1, -0.05) is 0 Å². The minimum atomic E-state index is -2.96. The fraction of sp³-hybridized carbons (Fsp3) is 0.818. The van der Waals surface area contributed by atoms with E-state index in [0.29, 0.717) is 6.42 Å². The second kappa shape index (κ2) is 6.23. The fourth-order valence-electron chi connectivity index (χ4n) is 2.00. The molecule has 0 aromatic heterocycles. The molecule has 0 aromatic carbocycles. The van der Waals surface area contributed by atoms with Crippen molar-refractivity contribution in [3.8, 4) is 0 Å². The van der Waals surface area contributed by atoms with Gasteiger partial charge in [0.1, 0.15) is 6.54 Å². The molecule has 1 heterocycles. The van der Waals surface area contributed by atoms with E-state index in [1.165, 1.54) is 4.90 Å². The summed E-state index contributed by atoms with van der Waals surface area (Å²) >= 11 is 0. The van der Waals surface area contributed by atoms with Crippen molar-refractivity contribution < 1.29 is 23.1 Å². The largest absolute Gasteiger partial charge is 0.480 e. The molecule has 1 saturated heterocycles. The fourth-order valence-corrected chi connectivity index (χ4v) is 3.86. The smallest absolute Gasteiger partial charge is 0.323 e. The predicted octanol–water partition coefficient (Wildman–Crippen LogP) is -0.0743. The number of carboxylic acids is 1. The summed E-state index contributed by atoms with van der Waals surface area (Å²) in [5.74, 6) is -0.898. The molecule has 0 spiro atoms. The number of urea groups is 1. The van der Waals surface area contributed by atoms with Gasteiger partial charge < -0.3 is 15.3 Å². The molecule has 8 heteroatoms. The molecule has 2 amide bonds. The molecular weight excluding hydrogens is 272 g/mol. The Kier molecular flexibility index (Phi) is 5.16. The summed E-state index contributed by atoms with van der Waals surface area (Å²) in [7, 11) is -2.96. The van der Waals surface area contributed by atoms with E-state index in [4.69, 9.17) is 5.11 Å². The average molecular weight is 292 g/mol. The lowest BCUT2D eigenvalue weighted by molar-refractivity contribution is -0.138. The normalized spacial score (nSPS) is 21.3. The van der Waals surface area contributed by atoms with Crippen molar-refractivity contribution in [2.24, 2.45) is 5.92 Å². The van der Waals surface area contributed by atoms with Gasteiger partial charge >= 0.3 is 12.0 Å². The summed E-state index contributed by atoms with van der Waals surface area (Å²) in [5, 5.41) is 11.3. The van der Waals surface area contributed by atoms with Crippen LogP contribution in [0, 0.1) is 5.92 Å². The second-order valence-corrected chi connectivity index (χ2v) is 7.30. The molecular formula is C11H20N2O5S. The lowest BCUT2D eigenvalue weighted by atomic mass is 10.1. The van der Waals surface area contributed by atoms with Crippen molar-refractivity contribution in [3.63, 3.8) is 0 Å². The molecule has 1 fully saturated rings. The molecule has 0 bridgehead atoms. The average Bonchev–Trinajstić information content (AvgIpc) is 2.62. The van der Waals surface area contributed by atoms with Crippen LogP contribution in [0.25, 0.3) is 0 Å². The van der Waals surface area contributed by atoms with E-state index in [1.807, 2.05) is 0 Å². The summed E-state index contributed by atoms with van der Waals surface area (Å²) in [4.78, 5) is 23.7. The van der Waals surface area contributed by atoms with Crippen LogP contribution in [0.5, 0.6) is 0 Å². The van der Waals surface area contributed by atoms with E-state index < -0.39 is 21.8 Å². The summed E-state index contributed by atoms with van der Waals surface area (Å²) in [6, 6.07) is -0.704. The molecule has 1 unspecified atom stereocenters. The van der Waals surface area contributed by atoms with Crippen LogP contribution in [0.4, 0.5) is 4.79 Å². The number of carbonyl (C=O) groups is 2. The van der Waals surface area contributed by atoms with E-state index in [0.717, 1.165) is 0 Å². The van der Waals surface area contributed by atoms with Crippen LogP contribution >= 0.6 is 0 Å². The molecule has 0 aliphatic carbocycles. The van der Waals surface area contributed by atoms with Crippen molar-refractivity contribution in [1.82, 2.24) is 10.2 Å². The SMILES string of the molecule is CC(C)N(CC(=O)O)C(=O)NCC1CCS(=O)(=O)C1. The third-order valence-corrected chi connectivity index (χ3v) is 4.90. The van der Waals surface area contributed by atoms with Gasteiger partial charge in [0.15, 0.2) is 9.84 Å². The maximum Gasteiger partial charge on any atom is 0.323 e. The number of hydrogen-bond acceptors (Lipinski definition) is 4. The number of carboxylic acid groups (broad SMARTS) is 1. The highest BCUT2D eigenvalue weighted by atomic mass is 32.2. The Morgan fingerprint density at radius 1 is 1.42 bits per heavy atom. The van der Waals surface area contributed by atoms with Gasteiger partial charge in [0.2, 0.25) is 0 Å². The van der Waals surface area contributed by atoms with Gasteiger partial charge in [-0.15, -0.1) is 0 Å². The summed E-state index contributed by atoms with van der Waals surface area (Å²) in [5.41, 5.74) is 0.